The maximum atomic E-state index is 12.8. The normalized spacial score (nSPS) is 13.4. The molecule has 0 radical (unpaired) electrons. The highest BCUT2D eigenvalue weighted by Gasteiger charge is 2.19. The van der Waals surface area contributed by atoms with Gasteiger partial charge in [0, 0.05) is 19.3 Å². The van der Waals surface area contributed by atoms with Crippen molar-refractivity contribution in [2.75, 3.05) is 13.2 Å². The first-order valence-corrected chi connectivity index (χ1v) is 25.6. The maximum Gasteiger partial charge on any atom is 0.306 e. The molecule has 0 saturated carbocycles. The summed E-state index contributed by atoms with van der Waals surface area (Å²) in [4.78, 5) is 38.0. The largest absolute Gasteiger partial charge is 0.462 e. The van der Waals surface area contributed by atoms with Crippen LogP contribution in [0.2, 0.25) is 0 Å². The van der Waals surface area contributed by atoms with Crippen molar-refractivity contribution >= 4 is 17.9 Å². The lowest BCUT2D eigenvalue weighted by Gasteiger charge is -2.18. The van der Waals surface area contributed by atoms with Crippen LogP contribution in [0, 0.1) is 0 Å². The van der Waals surface area contributed by atoms with E-state index in [9.17, 15) is 14.4 Å². The number of allylic oxidation sites excluding steroid dienone is 26. The molecule has 0 saturated heterocycles. The second-order valence-electron chi connectivity index (χ2n) is 16.2. The molecule has 0 aliphatic carbocycles. The van der Waals surface area contributed by atoms with E-state index in [4.69, 9.17) is 14.2 Å². The van der Waals surface area contributed by atoms with Crippen LogP contribution in [-0.2, 0) is 28.6 Å². The van der Waals surface area contributed by atoms with Gasteiger partial charge in [0.15, 0.2) is 6.10 Å². The zero-order chi connectivity index (χ0) is 47.9. The molecule has 0 aromatic carbocycles. The minimum atomic E-state index is -0.821. The molecule has 1 unspecified atom stereocenters. The molecule has 0 fully saturated rings. The molecular formula is C60H90O6. The van der Waals surface area contributed by atoms with E-state index in [1.54, 1.807) is 0 Å². The molecule has 0 aromatic rings. The summed E-state index contributed by atoms with van der Waals surface area (Å²) in [6.45, 7) is 6.15. The monoisotopic (exact) mass is 907 g/mol. The van der Waals surface area contributed by atoms with E-state index >= 15 is 0 Å². The predicted octanol–water partition coefficient (Wildman–Crippen LogP) is 17.0. The topological polar surface area (TPSA) is 78.9 Å². The van der Waals surface area contributed by atoms with E-state index in [1.165, 1.54) is 12.8 Å². The van der Waals surface area contributed by atoms with Crippen LogP contribution in [0.4, 0.5) is 0 Å². The van der Waals surface area contributed by atoms with Crippen LogP contribution in [-0.4, -0.2) is 37.2 Å². The van der Waals surface area contributed by atoms with Crippen LogP contribution >= 0.6 is 0 Å². The summed E-state index contributed by atoms with van der Waals surface area (Å²) in [5.41, 5.74) is 0. The van der Waals surface area contributed by atoms with Crippen LogP contribution in [0.5, 0.6) is 0 Å². The third kappa shape index (κ3) is 50.0. The van der Waals surface area contributed by atoms with Crippen molar-refractivity contribution in [2.45, 2.75) is 187 Å². The molecule has 66 heavy (non-hydrogen) atoms. The quantitative estimate of drug-likeness (QED) is 0.0199. The van der Waals surface area contributed by atoms with Gasteiger partial charge < -0.3 is 14.2 Å². The number of rotatable bonds is 43. The maximum absolute atomic E-state index is 12.8. The molecule has 0 spiro atoms. The lowest BCUT2D eigenvalue weighted by Crippen LogP contribution is -2.30. The van der Waals surface area contributed by atoms with E-state index in [0.29, 0.717) is 19.3 Å². The van der Waals surface area contributed by atoms with Crippen LogP contribution in [0.25, 0.3) is 0 Å². The van der Waals surface area contributed by atoms with E-state index in [2.05, 4.69) is 99.8 Å². The summed E-state index contributed by atoms with van der Waals surface area (Å²) in [6, 6.07) is 0. The van der Waals surface area contributed by atoms with Crippen molar-refractivity contribution in [1.82, 2.24) is 0 Å². The molecule has 6 nitrogen and oxygen atoms in total. The van der Waals surface area contributed by atoms with Gasteiger partial charge in [-0.2, -0.15) is 0 Å². The minimum Gasteiger partial charge on any atom is -0.462 e. The second-order valence-corrected chi connectivity index (χ2v) is 16.2. The Balaban J connectivity index is 4.58. The van der Waals surface area contributed by atoms with Gasteiger partial charge in [-0.3, -0.25) is 14.4 Å². The Morgan fingerprint density at radius 2 is 0.621 bits per heavy atom. The Labute approximate surface area is 403 Å². The second kappa shape index (κ2) is 52.7. The standard InChI is InChI=1S/C60H90O6/c1-4-7-10-13-16-19-22-25-27-29-30-31-33-35-38-41-44-47-50-53-59(62)65-56-57(55-64-58(61)52-49-46-43-40-37-34-24-21-18-15-12-9-6-3)66-60(63)54-51-48-45-42-39-36-32-28-26-23-20-17-14-11-8-5-2/h7-13,15-22,24-31,33,35,38,57H,4-6,14,23,32,34,36-37,39-56H2,1-3H3/b10-7+,11-8+,12-9+,16-13+,18-15+,20-17+,22-19+,24-21+,27-25+,28-26+,30-29+,33-31+,38-35+. The fourth-order valence-corrected chi connectivity index (χ4v) is 6.26. The number of esters is 3. The Kier molecular flexibility index (Phi) is 48.7. The van der Waals surface area contributed by atoms with Gasteiger partial charge in [-0.1, -0.05) is 230 Å². The van der Waals surface area contributed by atoms with E-state index in [0.717, 1.165) is 122 Å². The predicted molar refractivity (Wildman–Crippen MR) is 283 cm³/mol. The van der Waals surface area contributed by atoms with Crippen molar-refractivity contribution < 1.29 is 28.6 Å². The molecule has 366 valence electrons. The van der Waals surface area contributed by atoms with Crippen molar-refractivity contribution in [3.8, 4) is 0 Å². The van der Waals surface area contributed by atoms with E-state index in [1.807, 2.05) is 79.0 Å². The van der Waals surface area contributed by atoms with Gasteiger partial charge in [-0.25, -0.2) is 0 Å². The number of carbonyl (C=O) groups is 3. The van der Waals surface area contributed by atoms with Gasteiger partial charge >= 0.3 is 17.9 Å². The summed E-state index contributed by atoms with van der Waals surface area (Å²) in [5, 5.41) is 0. The van der Waals surface area contributed by atoms with E-state index < -0.39 is 6.10 Å². The third-order valence-corrected chi connectivity index (χ3v) is 10.0. The molecule has 6 heteroatoms. The highest BCUT2D eigenvalue weighted by atomic mass is 16.6. The zero-order valence-corrected chi connectivity index (χ0v) is 41.6. The van der Waals surface area contributed by atoms with Crippen molar-refractivity contribution in [1.29, 1.82) is 0 Å². The number of hydrogen-bond acceptors (Lipinski definition) is 6. The van der Waals surface area contributed by atoms with Gasteiger partial charge in [-0.05, 0) is 89.9 Å². The molecule has 0 aliphatic rings. The average molecular weight is 907 g/mol. The first kappa shape index (κ1) is 61.0. The van der Waals surface area contributed by atoms with Crippen LogP contribution in [0.1, 0.15) is 181 Å². The smallest absolute Gasteiger partial charge is 0.306 e. The molecule has 0 rings (SSSR count). The van der Waals surface area contributed by atoms with Crippen LogP contribution in [0.3, 0.4) is 0 Å². The van der Waals surface area contributed by atoms with Crippen molar-refractivity contribution in [3.05, 3.63) is 158 Å². The zero-order valence-electron chi connectivity index (χ0n) is 41.6. The average Bonchev–Trinajstić information content (AvgIpc) is 3.31. The first-order chi connectivity index (χ1) is 32.5. The molecular weight excluding hydrogens is 817 g/mol. The van der Waals surface area contributed by atoms with Crippen LogP contribution in [0.15, 0.2) is 158 Å². The highest BCUT2D eigenvalue weighted by Crippen LogP contribution is 2.13. The fraction of sp³-hybridized carbons (Fsp3) is 0.517. The van der Waals surface area contributed by atoms with Gasteiger partial charge in [-0.15, -0.1) is 0 Å². The van der Waals surface area contributed by atoms with Gasteiger partial charge in [0.05, 0.1) is 0 Å². The van der Waals surface area contributed by atoms with Gasteiger partial charge in [0.2, 0.25) is 0 Å². The third-order valence-electron chi connectivity index (χ3n) is 10.0. The van der Waals surface area contributed by atoms with E-state index in [-0.39, 0.29) is 37.5 Å². The summed E-state index contributed by atoms with van der Waals surface area (Å²) in [7, 11) is 0. The summed E-state index contributed by atoms with van der Waals surface area (Å²) >= 11 is 0. The number of carbonyl (C=O) groups excluding carboxylic acids is 3. The molecule has 0 N–H and O–H groups in total. The number of ether oxygens (including phenoxy) is 3. The SMILES string of the molecule is CC/C=C/C=C/C=C/C=C/C=C/C=C/C=C/CCCCCC(=O)OCC(COC(=O)CCCCCCC/C=C/C=C/C=C/CC)OC(=O)CCCCCCCC/C=C/C/C=C/C/C=C/CC. The highest BCUT2D eigenvalue weighted by molar-refractivity contribution is 5.71. The molecule has 0 heterocycles. The first-order valence-electron chi connectivity index (χ1n) is 25.6. The molecule has 0 amide bonds. The van der Waals surface area contributed by atoms with Gasteiger partial charge in [0.25, 0.3) is 0 Å². The van der Waals surface area contributed by atoms with Crippen molar-refractivity contribution in [2.24, 2.45) is 0 Å². The summed E-state index contributed by atoms with van der Waals surface area (Å²) in [5.74, 6) is -1.01. The lowest BCUT2D eigenvalue weighted by atomic mass is 10.1. The fourth-order valence-electron chi connectivity index (χ4n) is 6.26. The summed E-state index contributed by atoms with van der Waals surface area (Å²) in [6.07, 6.45) is 76.5. The molecule has 0 bridgehead atoms. The van der Waals surface area contributed by atoms with Gasteiger partial charge in [0.1, 0.15) is 13.2 Å². The Morgan fingerprint density at radius 1 is 0.318 bits per heavy atom. The summed E-state index contributed by atoms with van der Waals surface area (Å²) < 4.78 is 16.7. The lowest BCUT2D eigenvalue weighted by molar-refractivity contribution is -0.167. The minimum absolute atomic E-state index is 0.117. The molecule has 1 atom stereocenters. The number of hydrogen-bond donors (Lipinski definition) is 0. The van der Waals surface area contributed by atoms with Crippen LogP contribution < -0.4 is 0 Å². The Morgan fingerprint density at radius 3 is 1.05 bits per heavy atom. The number of unbranched alkanes of at least 4 members (excludes halogenated alkanes) is 14. The Bertz CT molecular complexity index is 1560. The molecule has 0 aromatic heterocycles. The Hall–Kier alpha value is -4.97. The van der Waals surface area contributed by atoms with Crippen molar-refractivity contribution in [3.63, 3.8) is 0 Å². The molecule has 0 aliphatic heterocycles.